The number of rotatable bonds is 3. The van der Waals surface area contributed by atoms with Crippen LogP contribution in [0.3, 0.4) is 0 Å². The average Bonchev–Trinajstić information content (AvgIpc) is 3.33. The molecular formula is C19H19N5O4. The molecule has 5 rings (SSSR count). The van der Waals surface area contributed by atoms with Crippen LogP contribution in [0.1, 0.15) is 11.6 Å². The zero-order chi connectivity index (χ0) is 19.1. The molecule has 1 fully saturated rings. The van der Waals surface area contributed by atoms with Gasteiger partial charge in [-0.15, -0.1) is 0 Å². The van der Waals surface area contributed by atoms with Crippen molar-refractivity contribution >= 4 is 22.6 Å². The van der Waals surface area contributed by atoms with E-state index in [9.17, 15) is 9.59 Å². The summed E-state index contributed by atoms with van der Waals surface area (Å²) in [5.41, 5.74) is 8.87. The van der Waals surface area contributed by atoms with Crippen molar-refractivity contribution in [1.29, 1.82) is 0 Å². The van der Waals surface area contributed by atoms with E-state index >= 15 is 0 Å². The van der Waals surface area contributed by atoms with Gasteiger partial charge in [0.15, 0.2) is 11.5 Å². The van der Waals surface area contributed by atoms with Crippen molar-refractivity contribution in [2.45, 2.75) is 6.04 Å². The maximum absolute atomic E-state index is 12.9. The first-order valence-electron chi connectivity index (χ1n) is 9.08. The lowest BCUT2D eigenvalue weighted by Gasteiger charge is -2.22. The monoisotopic (exact) mass is 381 g/mol. The molecule has 9 heteroatoms. The summed E-state index contributed by atoms with van der Waals surface area (Å²) < 4.78 is 11.2. The maximum Gasteiger partial charge on any atom is 0.323 e. The van der Waals surface area contributed by atoms with Gasteiger partial charge in [0.05, 0.1) is 23.0 Å². The van der Waals surface area contributed by atoms with Crippen LogP contribution in [0.2, 0.25) is 0 Å². The van der Waals surface area contributed by atoms with Gasteiger partial charge < -0.3 is 24.8 Å². The molecule has 144 valence electrons. The zero-order valence-corrected chi connectivity index (χ0v) is 14.9. The predicted octanol–water partition coefficient (Wildman–Crippen LogP) is 1.03. The summed E-state index contributed by atoms with van der Waals surface area (Å²) in [6.07, 6.45) is 0. The lowest BCUT2D eigenvalue weighted by Crippen LogP contribution is -2.29. The van der Waals surface area contributed by atoms with Crippen LogP contribution in [0, 0.1) is 5.92 Å². The Morgan fingerprint density at radius 2 is 1.82 bits per heavy atom. The molecule has 1 saturated heterocycles. The smallest absolute Gasteiger partial charge is 0.323 e. The van der Waals surface area contributed by atoms with Crippen LogP contribution in [-0.2, 0) is 4.79 Å². The van der Waals surface area contributed by atoms with E-state index in [0.717, 1.165) is 11.3 Å². The largest absolute Gasteiger partial charge is 0.486 e. The molecule has 0 aliphatic carbocycles. The number of ether oxygens (including phenoxy) is 2. The van der Waals surface area contributed by atoms with E-state index in [1.54, 1.807) is 18.2 Å². The Bertz CT molecular complexity index is 1110. The Labute approximate surface area is 159 Å². The fraction of sp³-hybridized carbons (Fsp3) is 0.263. The molecule has 1 aromatic heterocycles. The highest BCUT2D eigenvalue weighted by molar-refractivity contribution is 5.95. The molecule has 2 unspecified atom stereocenters. The van der Waals surface area contributed by atoms with Gasteiger partial charge in [0.2, 0.25) is 5.91 Å². The SMILES string of the molecule is O=C(Nc1ccc2[nH]c(=O)[nH]c2c1)C1CNNC1c1ccc2c(c1)OCCO2. The third-order valence-corrected chi connectivity index (χ3v) is 5.03. The van der Waals surface area contributed by atoms with Crippen molar-refractivity contribution in [3.05, 3.63) is 52.4 Å². The molecule has 9 nitrogen and oxygen atoms in total. The van der Waals surface area contributed by atoms with E-state index in [-0.39, 0.29) is 23.6 Å². The zero-order valence-electron chi connectivity index (χ0n) is 14.9. The summed E-state index contributed by atoms with van der Waals surface area (Å²) >= 11 is 0. The van der Waals surface area contributed by atoms with Gasteiger partial charge in [-0.3, -0.25) is 10.2 Å². The second-order valence-electron chi connectivity index (χ2n) is 6.84. The standard InChI is InChI=1S/C19H19N5O4/c25-18(21-11-2-3-13-14(8-11)23-19(26)22-13)12-9-20-24-17(12)10-1-4-15-16(7-10)28-6-5-27-15/h1-4,7-8,12,17,20,24H,5-6,9H2,(H,21,25)(H2,22,23,26). The second-order valence-corrected chi connectivity index (χ2v) is 6.84. The van der Waals surface area contributed by atoms with Crippen molar-refractivity contribution in [3.8, 4) is 11.5 Å². The van der Waals surface area contributed by atoms with Crippen molar-refractivity contribution in [1.82, 2.24) is 20.8 Å². The number of hydrazine groups is 1. The highest BCUT2D eigenvalue weighted by Gasteiger charge is 2.34. The minimum atomic E-state index is -0.316. The number of hydrogen-bond acceptors (Lipinski definition) is 6. The second kappa shape index (κ2) is 6.70. The number of fused-ring (bicyclic) bond motifs is 2. The summed E-state index contributed by atoms with van der Waals surface area (Å²) in [5.74, 6) is 0.979. The number of carbonyl (C=O) groups excluding carboxylic acids is 1. The molecule has 5 N–H and O–H groups in total. The Balaban J connectivity index is 1.36. The third-order valence-electron chi connectivity index (χ3n) is 5.03. The number of aromatic amines is 2. The molecule has 3 heterocycles. The lowest BCUT2D eigenvalue weighted by molar-refractivity contribution is -0.119. The van der Waals surface area contributed by atoms with E-state index < -0.39 is 0 Å². The van der Waals surface area contributed by atoms with Crippen LogP contribution >= 0.6 is 0 Å². The number of H-pyrrole nitrogens is 2. The van der Waals surface area contributed by atoms with Gasteiger partial charge in [0.25, 0.3) is 0 Å². The molecular weight excluding hydrogens is 362 g/mol. The van der Waals surface area contributed by atoms with E-state index in [2.05, 4.69) is 26.1 Å². The van der Waals surface area contributed by atoms with Crippen LogP contribution in [0.25, 0.3) is 11.0 Å². The van der Waals surface area contributed by atoms with Gasteiger partial charge >= 0.3 is 5.69 Å². The van der Waals surface area contributed by atoms with Gasteiger partial charge in [0.1, 0.15) is 13.2 Å². The third kappa shape index (κ3) is 3.00. The molecule has 2 atom stereocenters. The predicted molar refractivity (Wildman–Crippen MR) is 102 cm³/mol. The quantitative estimate of drug-likeness (QED) is 0.462. The molecule has 2 aromatic carbocycles. The van der Waals surface area contributed by atoms with Crippen molar-refractivity contribution in [2.75, 3.05) is 25.1 Å². The van der Waals surface area contributed by atoms with E-state index in [0.29, 0.717) is 42.2 Å². The summed E-state index contributed by atoms with van der Waals surface area (Å²) in [7, 11) is 0. The van der Waals surface area contributed by atoms with E-state index in [1.165, 1.54) is 0 Å². The van der Waals surface area contributed by atoms with Crippen LogP contribution in [0.15, 0.2) is 41.2 Å². The van der Waals surface area contributed by atoms with E-state index in [4.69, 9.17) is 9.47 Å². The van der Waals surface area contributed by atoms with Gasteiger partial charge in [-0.05, 0) is 35.9 Å². The Hall–Kier alpha value is -3.30. The molecule has 0 radical (unpaired) electrons. The molecule has 0 spiro atoms. The van der Waals surface area contributed by atoms with Crippen LogP contribution < -0.4 is 31.3 Å². The number of amides is 1. The first kappa shape index (κ1) is 16.8. The molecule has 3 aromatic rings. The Morgan fingerprint density at radius 1 is 1.00 bits per heavy atom. The molecule has 2 aliphatic rings. The van der Waals surface area contributed by atoms with Crippen molar-refractivity contribution < 1.29 is 14.3 Å². The average molecular weight is 381 g/mol. The topological polar surface area (TPSA) is 120 Å². The number of anilines is 1. The molecule has 0 bridgehead atoms. The first-order chi connectivity index (χ1) is 13.7. The van der Waals surface area contributed by atoms with Crippen LogP contribution in [-0.4, -0.2) is 35.6 Å². The summed E-state index contributed by atoms with van der Waals surface area (Å²) in [6, 6.07) is 10.8. The highest BCUT2D eigenvalue weighted by Crippen LogP contribution is 2.35. The van der Waals surface area contributed by atoms with Crippen molar-refractivity contribution in [2.24, 2.45) is 5.92 Å². The number of aromatic nitrogens is 2. The molecule has 2 aliphatic heterocycles. The minimum absolute atomic E-state index is 0.116. The lowest BCUT2D eigenvalue weighted by atomic mass is 9.93. The number of nitrogens with one attached hydrogen (secondary N) is 5. The summed E-state index contributed by atoms with van der Waals surface area (Å²) in [4.78, 5) is 29.7. The highest BCUT2D eigenvalue weighted by atomic mass is 16.6. The number of imidazole rings is 1. The van der Waals surface area contributed by atoms with Gasteiger partial charge in [-0.1, -0.05) is 6.07 Å². The van der Waals surface area contributed by atoms with Gasteiger partial charge in [0, 0.05) is 12.2 Å². The maximum atomic E-state index is 12.9. The number of hydrogen-bond donors (Lipinski definition) is 5. The first-order valence-corrected chi connectivity index (χ1v) is 9.08. The molecule has 1 amide bonds. The van der Waals surface area contributed by atoms with Crippen molar-refractivity contribution in [3.63, 3.8) is 0 Å². The van der Waals surface area contributed by atoms with Crippen LogP contribution in [0.4, 0.5) is 5.69 Å². The summed E-state index contributed by atoms with van der Waals surface area (Å²) in [5, 5.41) is 2.94. The number of benzene rings is 2. The van der Waals surface area contributed by atoms with Gasteiger partial charge in [-0.2, -0.15) is 0 Å². The molecule has 28 heavy (non-hydrogen) atoms. The fourth-order valence-corrected chi connectivity index (χ4v) is 3.66. The normalized spacial score (nSPS) is 21.0. The van der Waals surface area contributed by atoms with Gasteiger partial charge in [-0.25, -0.2) is 10.2 Å². The number of carbonyl (C=O) groups is 1. The van der Waals surface area contributed by atoms with Crippen LogP contribution in [0.5, 0.6) is 11.5 Å². The Kier molecular flexibility index (Phi) is 4.03. The fourth-order valence-electron chi connectivity index (χ4n) is 3.66. The Morgan fingerprint density at radius 3 is 2.71 bits per heavy atom. The molecule has 0 saturated carbocycles. The summed E-state index contributed by atoms with van der Waals surface area (Å²) in [6.45, 7) is 1.55. The van der Waals surface area contributed by atoms with E-state index in [1.807, 2.05) is 18.2 Å². The minimum Gasteiger partial charge on any atom is -0.486 e.